The van der Waals surface area contributed by atoms with Crippen LogP contribution in [0.2, 0.25) is 0 Å². The monoisotopic (exact) mass is 318 g/mol. The molecule has 0 aliphatic heterocycles. The molecule has 1 amide bonds. The summed E-state index contributed by atoms with van der Waals surface area (Å²) >= 11 is 0. The van der Waals surface area contributed by atoms with Crippen molar-refractivity contribution < 1.29 is 9.32 Å². The molecule has 0 radical (unpaired) electrons. The summed E-state index contributed by atoms with van der Waals surface area (Å²) < 4.78 is 5.06. The molecule has 0 aliphatic carbocycles. The second-order valence-corrected chi connectivity index (χ2v) is 5.89. The van der Waals surface area contributed by atoms with Gasteiger partial charge in [-0.3, -0.25) is 4.79 Å². The zero-order valence-corrected chi connectivity index (χ0v) is 14.4. The molecule has 2 aromatic heterocycles. The molecule has 0 aliphatic rings. The van der Waals surface area contributed by atoms with Gasteiger partial charge >= 0.3 is 0 Å². The number of carbonyl (C=O) groups is 1. The van der Waals surface area contributed by atoms with E-state index < -0.39 is 0 Å². The molecule has 0 bridgehead atoms. The van der Waals surface area contributed by atoms with Crippen LogP contribution in [0, 0.1) is 6.92 Å². The van der Waals surface area contributed by atoms with Crippen LogP contribution < -0.4 is 5.32 Å². The predicted molar refractivity (Wildman–Crippen MR) is 90.5 cm³/mol. The Morgan fingerprint density at radius 1 is 1.39 bits per heavy atom. The smallest absolute Gasteiger partial charge is 0.257 e. The van der Waals surface area contributed by atoms with Gasteiger partial charge in [0.15, 0.2) is 0 Å². The van der Waals surface area contributed by atoms with E-state index in [0.29, 0.717) is 11.3 Å². The molecule has 6 heteroatoms. The summed E-state index contributed by atoms with van der Waals surface area (Å²) in [5.41, 5.74) is 1.75. The Labute approximate surface area is 137 Å². The largest absolute Gasteiger partial charge is 0.350 e. The van der Waals surface area contributed by atoms with Crippen LogP contribution in [-0.2, 0) is 0 Å². The average molecular weight is 318 g/mol. The fourth-order valence-corrected chi connectivity index (χ4v) is 2.61. The second-order valence-electron chi connectivity index (χ2n) is 5.89. The van der Waals surface area contributed by atoms with E-state index in [1.165, 1.54) is 6.20 Å². The summed E-state index contributed by atoms with van der Waals surface area (Å²) in [5.74, 6) is -0.102. The quantitative estimate of drug-likeness (QED) is 0.810. The molecule has 0 saturated carbocycles. The molecule has 1 atom stereocenters. The molecule has 2 rings (SSSR count). The van der Waals surface area contributed by atoms with E-state index in [0.717, 1.165) is 43.6 Å². The van der Waals surface area contributed by atoms with Crippen molar-refractivity contribution in [3.63, 3.8) is 0 Å². The third kappa shape index (κ3) is 4.51. The van der Waals surface area contributed by atoms with Gasteiger partial charge < -0.3 is 14.7 Å². The van der Waals surface area contributed by atoms with Gasteiger partial charge in [0.2, 0.25) is 0 Å². The number of hydrogen-bond donors (Lipinski definition) is 1. The topological polar surface area (TPSA) is 71.3 Å². The van der Waals surface area contributed by atoms with Crippen LogP contribution in [0.25, 0.3) is 11.1 Å². The predicted octanol–water partition coefficient (Wildman–Crippen LogP) is 2.77. The van der Waals surface area contributed by atoms with E-state index in [-0.39, 0.29) is 11.9 Å². The van der Waals surface area contributed by atoms with E-state index >= 15 is 0 Å². The Kier molecular flexibility index (Phi) is 6.10. The van der Waals surface area contributed by atoms with Crippen molar-refractivity contribution in [3.8, 4) is 0 Å². The normalized spacial score (nSPS) is 12.7. The van der Waals surface area contributed by atoms with Gasteiger partial charge in [0, 0.05) is 12.2 Å². The number of hydrogen-bond acceptors (Lipinski definition) is 5. The van der Waals surface area contributed by atoms with Crippen LogP contribution in [0.15, 0.2) is 16.8 Å². The minimum atomic E-state index is -0.102. The zero-order chi connectivity index (χ0) is 16.8. The van der Waals surface area contributed by atoms with E-state index in [9.17, 15) is 4.79 Å². The van der Waals surface area contributed by atoms with Gasteiger partial charge in [0.05, 0.1) is 16.6 Å². The standard InChI is InChI=1S/C17H26N4O2/c1-5-21(6-2)9-7-8-12(3)19-16(22)14-10-15-13(4)20-23-17(15)18-11-14/h10-12H,5-9H2,1-4H3,(H,19,22)/t12-/m1/s1. The van der Waals surface area contributed by atoms with Gasteiger partial charge in [-0.15, -0.1) is 0 Å². The van der Waals surface area contributed by atoms with Gasteiger partial charge in [-0.05, 0) is 52.4 Å². The SMILES string of the molecule is CCN(CC)CCC[C@@H](C)NC(=O)c1cnc2onc(C)c2c1. The van der Waals surface area contributed by atoms with Crippen molar-refractivity contribution >= 4 is 17.0 Å². The molecular weight excluding hydrogens is 292 g/mol. The van der Waals surface area contributed by atoms with E-state index in [2.05, 4.69) is 34.2 Å². The van der Waals surface area contributed by atoms with Crippen LogP contribution in [0.1, 0.15) is 49.7 Å². The summed E-state index contributed by atoms with van der Waals surface area (Å²) in [4.78, 5) is 18.9. The maximum Gasteiger partial charge on any atom is 0.257 e. The van der Waals surface area contributed by atoms with Crippen molar-refractivity contribution in [2.45, 2.75) is 46.6 Å². The second kappa shape index (κ2) is 8.06. The zero-order valence-electron chi connectivity index (χ0n) is 14.4. The van der Waals surface area contributed by atoms with Crippen molar-refractivity contribution in [3.05, 3.63) is 23.5 Å². The van der Waals surface area contributed by atoms with Gasteiger partial charge in [0.1, 0.15) is 0 Å². The van der Waals surface area contributed by atoms with Crippen molar-refractivity contribution in [2.75, 3.05) is 19.6 Å². The Morgan fingerprint density at radius 2 is 2.13 bits per heavy atom. The molecule has 1 N–H and O–H groups in total. The lowest BCUT2D eigenvalue weighted by Crippen LogP contribution is -2.33. The summed E-state index contributed by atoms with van der Waals surface area (Å²) in [6.45, 7) is 11.4. The molecule has 0 spiro atoms. The summed E-state index contributed by atoms with van der Waals surface area (Å²) in [5, 5.41) is 7.67. The number of aryl methyl sites for hydroxylation is 1. The summed E-state index contributed by atoms with van der Waals surface area (Å²) in [6, 6.07) is 1.92. The van der Waals surface area contributed by atoms with Crippen LogP contribution in [0.5, 0.6) is 0 Å². The number of amides is 1. The Hall–Kier alpha value is -1.95. The third-order valence-corrected chi connectivity index (χ3v) is 4.16. The first kappa shape index (κ1) is 17.4. The fraction of sp³-hybridized carbons (Fsp3) is 0.588. The molecule has 2 aromatic rings. The van der Waals surface area contributed by atoms with Gasteiger partial charge in [-0.25, -0.2) is 4.98 Å². The van der Waals surface area contributed by atoms with Crippen LogP contribution in [0.4, 0.5) is 0 Å². The van der Waals surface area contributed by atoms with Gasteiger partial charge in [-0.2, -0.15) is 0 Å². The lowest BCUT2D eigenvalue weighted by molar-refractivity contribution is 0.0937. The number of fused-ring (bicyclic) bond motifs is 1. The minimum absolute atomic E-state index is 0.102. The molecule has 0 aromatic carbocycles. The fourth-order valence-electron chi connectivity index (χ4n) is 2.61. The van der Waals surface area contributed by atoms with Crippen LogP contribution >= 0.6 is 0 Å². The third-order valence-electron chi connectivity index (χ3n) is 4.16. The first-order chi connectivity index (χ1) is 11.0. The van der Waals surface area contributed by atoms with Gasteiger partial charge in [-0.1, -0.05) is 19.0 Å². The molecule has 6 nitrogen and oxygen atoms in total. The Balaban J connectivity index is 1.88. The van der Waals surface area contributed by atoms with E-state index in [4.69, 9.17) is 4.52 Å². The number of aromatic nitrogens is 2. The first-order valence-corrected chi connectivity index (χ1v) is 8.30. The first-order valence-electron chi connectivity index (χ1n) is 8.30. The molecule has 2 heterocycles. The molecular formula is C17H26N4O2. The lowest BCUT2D eigenvalue weighted by Gasteiger charge is -2.19. The number of rotatable bonds is 8. The average Bonchev–Trinajstić information content (AvgIpc) is 2.92. The highest BCUT2D eigenvalue weighted by Crippen LogP contribution is 2.16. The van der Waals surface area contributed by atoms with E-state index in [1.54, 1.807) is 6.07 Å². The van der Waals surface area contributed by atoms with Crippen molar-refractivity contribution in [1.29, 1.82) is 0 Å². The number of nitrogens with one attached hydrogen (secondary N) is 1. The molecule has 0 saturated heterocycles. The molecule has 0 fully saturated rings. The number of carbonyl (C=O) groups excluding carboxylic acids is 1. The van der Waals surface area contributed by atoms with Crippen LogP contribution in [0.3, 0.4) is 0 Å². The highest BCUT2D eigenvalue weighted by atomic mass is 16.5. The maximum absolute atomic E-state index is 12.3. The van der Waals surface area contributed by atoms with Crippen molar-refractivity contribution in [2.24, 2.45) is 0 Å². The van der Waals surface area contributed by atoms with Crippen LogP contribution in [-0.4, -0.2) is 46.6 Å². The molecule has 126 valence electrons. The highest BCUT2D eigenvalue weighted by Gasteiger charge is 2.13. The Morgan fingerprint density at radius 3 is 2.83 bits per heavy atom. The van der Waals surface area contributed by atoms with E-state index in [1.807, 2.05) is 13.8 Å². The Bertz CT molecular complexity index is 649. The summed E-state index contributed by atoms with van der Waals surface area (Å²) in [6.07, 6.45) is 3.57. The summed E-state index contributed by atoms with van der Waals surface area (Å²) in [7, 11) is 0. The number of pyridine rings is 1. The number of nitrogens with zero attached hydrogens (tertiary/aromatic N) is 3. The van der Waals surface area contributed by atoms with Gasteiger partial charge in [0.25, 0.3) is 11.6 Å². The van der Waals surface area contributed by atoms with Crippen molar-refractivity contribution in [1.82, 2.24) is 20.4 Å². The molecule has 23 heavy (non-hydrogen) atoms. The minimum Gasteiger partial charge on any atom is -0.350 e. The maximum atomic E-state index is 12.3. The highest BCUT2D eigenvalue weighted by molar-refractivity contribution is 5.97. The lowest BCUT2D eigenvalue weighted by atomic mass is 10.1. The molecule has 0 unspecified atom stereocenters.